The van der Waals surface area contributed by atoms with Crippen LogP contribution >= 0.6 is 0 Å². The molecule has 0 spiro atoms. The van der Waals surface area contributed by atoms with E-state index in [4.69, 9.17) is 17.5 Å². The molecular formula is C18H48Mn2N6O7S-2. The third-order valence-electron chi connectivity index (χ3n) is 5.18. The predicted molar refractivity (Wildman–Crippen MR) is 126 cm³/mol. The first-order valence-electron chi connectivity index (χ1n) is 10.1. The third kappa shape index (κ3) is 34.7. The SMILES string of the molecule is CN1CCN(C)CCN(C)CC1.CN1CCN(C)CCN(C)CC1.O.O.O.O=S(=O)([O-])[O-].[Mn].[Mn]. The van der Waals surface area contributed by atoms with Crippen molar-refractivity contribution in [3.05, 3.63) is 0 Å². The average Bonchev–Trinajstić information content (AvgIpc) is 2.73. The van der Waals surface area contributed by atoms with E-state index < -0.39 is 10.4 Å². The maximum absolute atomic E-state index is 8.52. The molecule has 0 aromatic heterocycles. The molecule has 0 aromatic carbocycles. The van der Waals surface area contributed by atoms with Crippen molar-refractivity contribution in [1.29, 1.82) is 0 Å². The zero-order valence-electron chi connectivity index (χ0n) is 21.5. The summed E-state index contributed by atoms with van der Waals surface area (Å²) in [5.74, 6) is 0. The summed E-state index contributed by atoms with van der Waals surface area (Å²) in [6.07, 6.45) is 0. The summed E-state index contributed by atoms with van der Waals surface area (Å²) in [5, 5.41) is 0. The minimum absolute atomic E-state index is 0. The molecule has 34 heavy (non-hydrogen) atoms. The molecule has 0 amide bonds. The van der Waals surface area contributed by atoms with E-state index >= 15 is 0 Å². The maximum Gasteiger partial charge on any atom is 0.0311 e. The van der Waals surface area contributed by atoms with Crippen LogP contribution in [0.1, 0.15) is 0 Å². The zero-order chi connectivity index (χ0) is 22.4. The Balaban J connectivity index is -0.0000000860. The van der Waals surface area contributed by atoms with Crippen LogP contribution in [0, 0.1) is 0 Å². The summed E-state index contributed by atoms with van der Waals surface area (Å²) in [6.45, 7) is 14.4. The minimum atomic E-state index is -5.17. The van der Waals surface area contributed by atoms with Crippen molar-refractivity contribution in [3.8, 4) is 0 Å². The Kier molecular flexibility index (Phi) is 37.3. The quantitative estimate of drug-likeness (QED) is 0.149. The number of rotatable bonds is 0. The van der Waals surface area contributed by atoms with Gasteiger partial charge in [0.1, 0.15) is 0 Å². The maximum atomic E-state index is 8.52. The van der Waals surface area contributed by atoms with Gasteiger partial charge in [-0.1, -0.05) is 0 Å². The van der Waals surface area contributed by atoms with Crippen molar-refractivity contribution in [2.75, 3.05) is 121 Å². The second kappa shape index (κ2) is 26.6. The van der Waals surface area contributed by atoms with Gasteiger partial charge in [-0.15, -0.1) is 0 Å². The molecule has 0 aliphatic carbocycles. The molecule has 16 heteroatoms. The van der Waals surface area contributed by atoms with Gasteiger partial charge in [-0.05, 0) is 42.3 Å². The fraction of sp³-hybridized carbons (Fsp3) is 1.00. The molecule has 2 rings (SSSR count). The molecular weight excluding hydrogens is 554 g/mol. The smallest absolute Gasteiger partial charge is 0.0311 e. The number of hydrogen-bond acceptors (Lipinski definition) is 10. The fourth-order valence-electron chi connectivity index (χ4n) is 2.72. The summed E-state index contributed by atoms with van der Waals surface area (Å²) < 4.78 is 34.1. The molecule has 0 unspecified atom stereocenters. The van der Waals surface area contributed by atoms with E-state index in [-0.39, 0.29) is 50.6 Å². The first-order chi connectivity index (χ1) is 13.4. The molecule has 214 valence electrons. The molecule has 2 saturated heterocycles. The van der Waals surface area contributed by atoms with Crippen LogP contribution in [-0.4, -0.2) is 184 Å². The first-order valence-corrected chi connectivity index (χ1v) is 11.5. The molecule has 6 N–H and O–H groups in total. The fourth-order valence-corrected chi connectivity index (χ4v) is 2.72. The molecule has 13 nitrogen and oxygen atoms in total. The van der Waals surface area contributed by atoms with E-state index in [1.165, 1.54) is 78.5 Å². The first kappa shape index (κ1) is 47.7. The topological polar surface area (TPSA) is 194 Å². The van der Waals surface area contributed by atoms with Gasteiger partial charge in [0.25, 0.3) is 0 Å². The van der Waals surface area contributed by atoms with Gasteiger partial charge >= 0.3 is 0 Å². The van der Waals surface area contributed by atoms with Gasteiger partial charge in [-0.2, -0.15) is 0 Å². The van der Waals surface area contributed by atoms with Crippen LogP contribution < -0.4 is 0 Å². The summed E-state index contributed by atoms with van der Waals surface area (Å²) in [5.41, 5.74) is 0. The van der Waals surface area contributed by atoms with Crippen molar-refractivity contribution in [1.82, 2.24) is 29.4 Å². The summed E-state index contributed by atoms with van der Waals surface area (Å²) in [7, 11) is 8.04. The Hall–Kier alpha value is 0.549. The van der Waals surface area contributed by atoms with Crippen molar-refractivity contribution in [2.45, 2.75) is 0 Å². The monoisotopic (exact) mass is 602 g/mol. The Morgan fingerprint density at radius 2 is 0.471 bits per heavy atom. The van der Waals surface area contributed by atoms with Crippen molar-refractivity contribution in [3.63, 3.8) is 0 Å². The van der Waals surface area contributed by atoms with Gasteiger partial charge in [-0.25, -0.2) is 0 Å². The largest absolute Gasteiger partial charge is 0.759 e. The van der Waals surface area contributed by atoms with Gasteiger partial charge in [0.15, 0.2) is 0 Å². The van der Waals surface area contributed by atoms with E-state index in [2.05, 4.69) is 71.7 Å². The van der Waals surface area contributed by atoms with E-state index in [9.17, 15) is 0 Å². The van der Waals surface area contributed by atoms with Crippen LogP contribution in [0.5, 0.6) is 0 Å². The van der Waals surface area contributed by atoms with Gasteiger partial charge in [0, 0.05) is 123 Å². The molecule has 2 fully saturated rings. The van der Waals surface area contributed by atoms with E-state index in [1.54, 1.807) is 0 Å². The second-order valence-corrected chi connectivity index (χ2v) is 9.04. The van der Waals surface area contributed by atoms with Crippen molar-refractivity contribution < 1.29 is 68.1 Å². The number of hydrogen-bond donors (Lipinski definition) is 0. The van der Waals surface area contributed by atoms with E-state index in [0.717, 1.165) is 0 Å². The predicted octanol–water partition coefficient (Wildman–Crippen LogP) is -4.23. The third-order valence-corrected chi connectivity index (χ3v) is 5.18. The Morgan fingerprint density at radius 1 is 0.412 bits per heavy atom. The summed E-state index contributed by atoms with van der Waals surface area (Å²) in [4.78, 5) is 14.4. The molecule has 0 saturated carbocycles. The Labute approximate surface area is 228 Å². The normalized spacial score (nSPS) is 20.2. The van der Waals surface area contributed by atoms with Crippen LogP contribution in [0.2, 0.25) is 0 Å². The van der Waals surface area contributed by atoms with Crippen molar-refractivity contribution >= 4 is 10.4 Å². The van der Waals surface area contributed by atoms with Crippen LogP contribution in [0.4, 0.5) is 0 Å². The molecule has 2 aliphatic rings. The van der Waals surface area contributed by atoms with Crippen LogP contribution in [-0.2, 0) is 44.5 Å². The molecule has 0 atom stereocenters. The van der Waals surface area contributed by atoms with Crippen LogP contribution in [0.3, 0.4) is 0 Å². The zero-order valence-corrected chi connectivity index (χ0v) is 24.6. The molecule has 2 radical (unpaired) electrons. The molecule has 0 bridgehead atoms. The van der Waals surface area contributed by atoms with Crippen LogP contribution in [0.15, 0.2) is 0 Å². The summed E-state index contributed by atoms with van der Waals surface area (Å²) >= 11 is 0. The van der Waals surface area contributed by atoms with Gasteiger partial charge in [0.2, 0.25) is 0 Å². The molecule has 2 heterocycles. The molecule has 0 aromatic rings. The average molecular weight is 603 g/mol. The van der Waals surface area contributed by atoms with Gasteiger partial charge in [0.05, 0.1) is 0 Å². The Bertz CT molecular complexity index is 419. The second-order valence-electron chi connectivity index (χ2n) is 8.23. The number of nitrogens with zero attached hydrogens (tertiary/aromatic N) is 6. The minimum Gasteiger partial charge on any atom is -0.759 e. The van der Waals surface area contributed by atoms with Gasteiger partial charge in [-0.3, -0.25) is 8.42 Å². The number of likely N-dealkylation sites (N-methyl/N-ethyl adjacent to an activating group) is 6. The molecule has 2 aliphatic heterocycles. The van der Waals surface area contributed by atoms with E-state index in [1.807, 2.05) is 0 Å². The van der Waals surface area contributed by atoms with Gasteiger partial charge < -0.3 is 54.9 Å². The Morgan fingerprint density at radius 3 is 0.529 bits per heavy atom. The van der Waals surface area contributed by atoms with Crippen molar-refractivity contribution in [2.24, 2.45) is 0 Å². The summed E-state index contributed by atoms with van der Waals surface area (Å²) in [6, 6.07) is 0. The van der Waals surface area contributed by atoms with Crippen LogP contribution in [0.25, 0.3) is 0 Å². The standard InChI is InChI=1S/2C9H21N3.2Mn.H2O4S.3H2O/c2*1-10-4-6-11(2)8-9-12(3)7-5-10;;;1-5(2,3)4;;;/h2*4-9H2,1-3H3;;;(H2,1,2,3,4);3*1H2/p-2. The van der Waals surface area contributed by atoms with E-state index in [0.29, 0.717) is 0 Å².